The molecule has 2 aliphatic heterocycles. The number of ether oxygens (including phenoxy) is 2. The van der Waals surface area contributed by atoms with E-state index >= 15 is 0 Å². The lowest BCUT2D eigenvalue weighted by atomic mass is 10.00. The predicted molar refractivity (Wildman–Crippen MR) is 150 cm³/mol. The Bertz CT molecular complexity index is 1600. The van der Waals surface area contributed by atoms with E-state index in [2.05, 4.69) is 14.8 Å². The summed E-state index contributed by atoms with van der Waals surface area (Å²) in [5, 5.41) is 18.2. The van der Waals surface area contributed by atoms with E-state index in [1.165, 1.54) is 23.5 Å². The van der Waals surface area contributed by atoms with Crippen LogP contribution in [0.15, 0.2) is 45.6 Å². The van der Waals surface area contributed by atoms with Crippen LogP contribution in [0.3, 0.4) is 0 Å². The minimum atomic E-state index is -4.83. The highest BCUT2D eigenvalue weighted by Gasteiger charge is 2.43. The van der Waals surface area contributed by atoms with Crippen LogP contribution in [0.25, 0.3) is 22.5 Å². The Balaban J connectivity index is 1.07. The van der Waals surface area contributed by atoms with Crippen molar-refractivity contribution in [3.05, 3.63) is 57.3 Å². The van der Waals surface area contributed by atoms with Gasteiger partial charge in [-0.25, -0.2) is 9.78 Å². The van der Waals surface area contributed by atoms with E-state index < -0.39 is 12.3 Å². The van der Waals surface area contributed by atoms with Gasteiger partial charge >= 0.3 is 12.3 Å². The molecule has 1 aliphatic carbocycles. The first-order chi connectivity index (χ1) is 20.2. The van der Waals surface area contributed by atoms with Crippen molar-refractivity contribution in [1.82, 2.24) is 10.1 Å². The first-order valence-electron chi connectivity index (χ1n) is 13.7. The molecule has 1 saturated carbocycles. The zero-order chi connectivity index (χ0) is 29.0. The first-order valence-corrected chi connectivity index (χ1v) is 15.5. The van der Waals surface area contributed by atoms with Crippen molar-refractivity contribution in [2.45, 2.75) is 75.6 Å². The Labute approximate surface area is 246 Å². The SMILES string of the molecule is O=C(O)c1cc(-c2csc(N3[C@@H]4CC[C@H]3CC(OCc3c(-c5ccccc5OC(F)(F)F)noc3C3CC3)C4)n2)cs1. The maximum atomic E-state index is 13.1. The van der Waals surface area contributed by atoms with E-state index in [0.717, 1.165) is 54.9 Å². The number of alkyl halides is 3. The van der Waals surface area contributed by atoms with E-state index in [1.807, 2.05) is 10.8 Å². The number of thiophene rings is 1. The minimum Gasteiger partial charge on any atom is -0.477 e. The van der Waals surface area contributed by atoms with E-state index in [9.17, 15) is 23.1 Å². The Kier molecular flexibility index (Phi) is 6.98. The number of hydrogen-bond acceptors (Lipinski definition) is 9. The van der Waals surface area contributed by atoms with E-state index in [-0.39, 0.29) is 46.9 Å². The molecule has 5 heterocycles. The third-order valence-corrected chi connectivity index (χ3v) is 9.88. The van der Waals surface area contributed by atoms with Crippen LogP contribution >= 0.6 is 22.7 Å². The molecule has 7 rings (SSSR count). The average Bonchev–Trinajstić information content (AvgIpc) is 3.29. The van der Waals surface area contributed by atoms with Gasteiger partial charge in [-0.2, -0.15) is 0 Å². The third-order valence-electron chi connectivity index (χ3n) is 8.11. The molecule has 1 N–H and O–H groups in total. The summed E-state index contributed by atoms with van der Waals surface area (Å²) in [5.41, 5.74) is 2.82. The molecule has 4 aromatic rings. The lowest BCUT2D eigenvalue weighted by molar-refractivity contribution is -0.274. The van der Waals surface area contributed by atoms with E-state index in [0.29, 0.717) is 17.0 Å². The highest BCUT2D eigenvalue weighted by Crippen LogP contribution is 2.47. The molecular weight excluding hydrogens is 591 g/mol. The number of piperidine rings is 1. The van der Waals surface area contributed by atoms with Crippen LogP contribution in [-0.2, 0) is 11.3 Å². The molecule has 3 atom stereocenters. The van der Waals surface area contributed by atoms with Gasteiger partial charge in [-0.05, 0) is 56.7 Å². The summed E-state index contributed by atoms with van der Waals surface area (Å²) in [6.45, 7) is 0.195. The number of carbonyl (C=O) groups is 1. The standard InChI is InChI=1S/C29H26F3N3O5S2/c30-29(31,32)39-23-4-2-1-3-20(23)25-21(26(40-34-25)15-5-6-15)12-38-19-10-17-7-8-18(11-19)35(17)28-33-22(14-42-28)16-9-24(27(36)37)41-13-16/h1-4,9,13-15,17-19H,5-8,10-12H2,(H,36,37)/t17-,18+,19?. The van der Waals surface area contributed by atoms with Gasteiger partial charge in [0, 0.05) is 45.5 Å². The van der Waals surface area contributed by atoms with Gasteiger partial charge in [0.25, 0.3) is 0 Å². The number of rotatable bonds is 9. The molecule has 2 bridgehead atoms. The van der Waals surface area contributed by atoms with Crippen LogP contribution in [0.2, 0.25) is 0 Å². The van der Waals surface area contributed by atoms with Crippen LogP contribution in [0.1, 0.15) is 65.4 Å². The Morgan fingerprint density at radius 3 is 2.55 bits per heavy atom. The summed E-state index contributed by atoms with van der Waals surface area (Å²) in [7, 11) is 0. The molecule has 0 radical (unpaired) electrons. The van der Waals surface area contributed by atoms with Crippen molar-refractivity contribution in [2.24, 2.45) is 0 Å². The summed E-state index contributed by atoms with van der Waals surface area (Å²) in [5.74, 6) is -0.379. The van der Waals surface area contributed by atoms with Crippen LogP contribution in [0.5, 0.6) is 5.75 Å². The number of thiazole rings is 1. The quantitative estimate of drug-likeness (QED) is 0.204. The largest absolute Gasteiger partial charge is 0.573 e. The molecule has 1 aromatic carbocycles. The predicted octanol–water partition coefficient (Wildman–Crippen LogP) is 7.72. The number of benzene rings is 1. The van der Waals surface area contributed by atoms with Crippen molar-refractivity contribution >= 4 is 33.8 Å². The molecule has 220 valence electrons. The zero-order valence-electron chi connectivity index (χ0n) is 22.2. The second-order valence-electron chi connectivity index (χ2n) is 10.9. The first kappa shape index (κ1) is 27.4. The van der Waals surface area contributed by atoms with Crippen molar-refractivity contribution in [1.29, 1.82) is 0 Å². The lowest BCUT2D eigenvalue weighted by Crippen LogP contribution is -2.45. The molecule has 3 fully saturated rings. The molecule has 8 nitrogen and oxygen atoms in total. The maximum absolute atomic E-state index is 13.1. The Morgan fingerprint density at radius 1 is 1.10 bits per heavy atom. The molecule has 0 amide bonds. The number of aromatic carboxylic acids is 1. The third kappa shape index (κ3) is 5.40. The fourth-order valence-corrected chi connectivity index (χ4v) is 7.81. The van der Waals surface area contributed by atoms with Gasteiger partial charge < -0.3 is 24.0 Å². The zero-order valence-corrected chi connectivity index (χ0v) is 23.8. The molecule has 1 unspecified atom stereocenters. The highest BCUT2D eigenvalue weighted by molar-refractivity contribution is 7.14. The maximum Gasteiger partial charge on any atom is 0.573 e. The number of fused-ring (bicyclic) bond motifs is 2. The number of para-hydroxylation sites is 1. The molecule has 42 heavy (non-hydrogen) atoms. The molecule has 3 aromatic heterocycles. The number of carboxylic acids is 1. The van der Waals surface area contributed by atoms with Crippen molar-refractivity contribution in [3.63, 3.8) is 0 Å². The van der Waals surface area contributed by atoms with Crippen molar-refractivity contribution in [3.8, 4) is 28.3 Å². The Hall–Kier alpha value is -3.42. The molecule has 13 heteroatoms. The fraction of sp³-hybridized carbons (Fsp3) is 0.414. The summed E-state index contributed by atoms with van der Waals surface area (Å²) < 4.78 is 55.7. The van der Waals surface area contributed by atoms with Gasteiger partial charge in [0.15, 0.2) is 5.13 Å². The number of halogens is 3. The fourth-order valence-electron chi connectivity index (χ4n) is 6.09. The molecule has 0 spiro atoms. The smallest absolute Gasteiger partial charge is 0.477 e. The van der Waals surface area contributed by atoms with Crippen LogP contribution < -0.4 is 9.64 Å². The van der Waals surface area contributed by atoms with Crippen LogP contribution in [-0.4, -0.2) is 45.8 Å². The van der Waals surface area contributed by atoms with Crippen LogP contribution in [0, 0.1) is 0 Å². The van der Waals surface area contributed by atoms with E-state index in [1.54, 1.807) is 29.5 Å². The van der Waals surface area contributed by atoms with Gasteiger partial charge in [-0.3, -0.25) is 0 Å². The van der Waals surface area contributed by atoms with Crippen LogP contribution in [0.4, 0.5) is 18.3 Å². The summed E-state index contributed by atoms with van der Waals surface area (Å²) in [6, 6.07) is 8.15. The minimum absolute atomic E-state index is 0.0235. The second-order valence-corrected chi connectivity index (χ2v) is 12.7. The highest BCUT2D eigenvalue weighted by atomic mass is 32.1. The van der Waals surface area contributed by atoms with E-state index in [4.69, 9.17) is 14.2 Å². The molecular formula is C29H26F3N3O5S2. The second kappa shape index (κ2) is 10.7. The van der Waals surface area contributed by atoms with Gasteiger partial charge in [0.1, 0.15) is 22.1 Å². The van der Waals surface area contributed by atoms with Gasteiger partial charge in [0.05, 0.1) is 18.4 Å². The number of aromatic nitrogens is 2. The Morgan fingerprint density at radius 2 is 1.86 bits per heavy atom. The van der Waals surface area contributed by atoms with Gasteiger partial charge in [0.2, 0.25) is 0 Å². The van der Waals surface area contributed by atoms with Crippen molar-refractivity contribution < 1.29 is 37.1 Å². The number of carboxylic acid groups (broad SMARTS) is 1. The summed E-state index contributed by atoms with van der Waals surface area (Å²) >= 11 is 2.76. The topological polar surface area (TPSA) is 97.9 Å². The lowest BCUT2D eigenvalue weighted by Gasteiger charge is -2.38. The van der Waals surface area contributed by atoms with Gasteiger partial charge in [-0.15, -0.1) is 35.8 Å². The van der Waals surface area contributed by atoms with Crippen molar-refractivity contribution in [2.75, 3.05) is 4.90 Å². The normalized spacial score (nSPS) is 22.1. The summed E-state index contributed by atoms with van der Waals surface area (Å²) in [4.78, 5) is 18.8. The van der Waals surface area contributed by atoms with Gasteiger partial charge in [-0.1, -0.05) is 17.3 Å². The number of anilines is 1. The number of nitrogens with zero attached hydrogens (tertiary/aromatic N) is 3. The molecule has 3 aliphatic rings. The average molecular weight is 618 g/mol. The monoisotopic (exact) mass is 617 g/mol. The number of hydrogen-bond donors (Lipinski definition) is 1. The summed E-state index contributed by atoms with van der Waals surface area (Å²) in [6.07, 6.45) is 0.703. The molecule has 2 saturated heterocycles.